The highest BCUT2D eigenvalue weighted by Crippen LogP contribution is 2.36. The van der Waals surface area contributed by atoms with Crippen LogP contribution in [0.2, 0.25) is 10.0 Å². The van der Waals surface area contributed by atoms with Crippen molar-refractivity contribution in [2.45, 2.75) is 0 Å². The second kappa shape index (κ2) is 8.99. The number of piperazine rings is 1. The third-order valence-electron chi connectivity index (χ3n) is 6.02. The molecule has 1 fully saturated rings. The van der Waals surface area contributed by atoms with Gasteiger partial charge in [-0.1, -0.05) is 41.4 Å². The van der Waals surface area contributed by atoms with Gasteiger partial charge in [-0.15, -0.1) is 0 Å². The Hall–Kier alpha value is -2.79. The first-order valence-electron chi connectivity index (χ1n) is 10.7. The Morgan fingerprint density at radius 3 is 2.44 bits per heavy atom. The number of hydrogen-bond acceptors (Lipinski definition) is 4. The molecule has 1 N–H and O–H groups in total. The van der Waals surface area contributed by atoms with Crippen LogP contribution in [0.1, 0.15) is 0 Å². The zero-order valence-electron chi connectivity index (χ0n) is 17.9. The van der Waals surface area contributed by atoms with Crippen LogP contribution in [0.5, 0.6) is 0 Å². The molecule has 6 heteroatoms. The van der Waals surface area contributed by atoms with E-state index in [2.05, 4.69) is 57.5 Å². The average molecular weight is 463 g/mol. The lowest BCUT2D eigenvalue weighted by Gasteiger charge is -2.34. The van der Waals surface area contributed by atoms with Crippen molar-refractivity contribution < 1.29 is 0 Å². The van der Waals surface area contributed by atoms with Crippen LogP contribution in [-0.2, 0) is 0 Å². The third kappa shape index (κ3) is 4.26. The fourth-order valence-electron chi connectivity index (χ4n) is 4.13. The molecule has 0 spiro atoms. The van der Waals surface area contributed by atoms with Gasteiger partial charge < -0.3 is 15.1 Å². The number of likely N-dealkylation sites (N-methyl/N-ethyl adjacent to an activating group) is 1. The Morgan fingerprint density at radius 1 is 0.875 bits per heavy atom. The fraction of sp³-hybridized carbons (Fsp3) is 0.192. The Balaban J connectivity index is 1.43. The maximum Gasteiger partial charge on any atom is 0.0723 e. The smallest absolute Gasteiger partial charge is 0.0723 e. The van der Waals surface area contributed by atoms with Gasteiger partial charge >= 0.3 is 0 Å². The van der Waals surface area contributed by atoms with Crippen molar-refractivity contribution in [2.75, 3.05) is 43.4 Å². The first-order valence-corrected chi connectivity index (χ1v) is 11.5. The van der Waals surface area contributed by atoms with Gasteiger partial charge in [0, 0.05) is 60.4 Å². The fourth-order valence-corrected chi connectivity index (χ4v) is 4.53. The van der Waals surface area contributed by atoms with Crippen molar-refractivity contribution >= 4 is 51.2 Å². The summed E-state index contributed by atoms with van der Waals surface area (Å²) in [5.74, 6) is 0. The molecule has 162 valence electrons. The summed E-state index contributed by atoms with van der Waals surface area (Å²) in [7, 11) is 2.18. The van der Waals surface area contributed by atoms with E-state index in [0.717, 1.165) is 59.6 Å². The number of nitrogens with one attached hydrogen (secondary N) is 1. The van der Waals surface area contributed by atoms with E-state index >= 15 is 0 Å². The van der Waals surface area contributed by atoms with Crippen molar-refractivity contribution in [2.24, 2.45) is 0 Å². The van der Waals surface area contributed by atoms with E-state index in [9.17, 15) is 0 Å². The van der Waals surface area contributed by atoms with Gasteiger partial charge in [0.25, 0.3) is 0 Å². The quantitative estimate of drug-likeness (QED) is 0.365. The first-order chi connectivity index (χ1) is 15.6. The number of rotatable bonds is 4. The number of hydrogen-bond donors (Lipinski definition) is 1. The first kappa shape index (κ1) is 21.1. The normalized spacial score (nSPS) is 14.7. The largest absolute Gasteiger partial charge is 0.369 e. The van der Waals surface area contributed by atoms with Gasteiger partial charge in [0.2, 0.25) is 0 Å². The minimum atomic E-state index is 0.550. The summed E-state index contributed by atoms with van der Waals surface area (Å²) in [5.41, 5.74) is 6.15. The molecule has 2 heterocycles. The molecule has 32 heavy (non-hydrogen) atoms. The van der Waals surface area contributed by atoms with Gasteiger partial charge in [-0.25, -0.2) is 0 Å². The predicted octanol–water partition coefficient (Wildman–Crippen LogP) is 6.70. The van der Waals surface area contributed by atoms with Gasteiger partial charge in [0.1, 0.15) is 0 Å². The lowest BCUT2D eigenvalue weighted by molar-refractivity contribution is 0.313. The molecule has 1 aliphatic heterocycles. The molecular formula is C26H24Cl2N4. The Morgan fingerprint density at radius 2 is 1.66 bits per heavy atom. The Kier molecular flexibility index (Phi) is 5.92. The summed E-state index contributed by atoms with van der Waals surface area (Å²) in [5, 5.41) is 5.71. The van der Waals surface area contributed by atoms with E-state index in [1.165, 1.54) is 5.69 Å². The summed E-state index contributed by atoms with van der Waals surface area (Å²) in [6.45, 7) is 4.32. The van der Waals surface area contributed by atoms with E-state index in [1.807, 2.05) is 36.5 Å². The van der Waals surface area contributed by atoms with Gasteiger partial charge in [-0.3, -0.25) is 4.98 Å². The Labute approximate surface area is 198 Å². The number of fused-ring (bicyclic) bond motifs is 1. The highest BCUT2D eigenvalue weighted by atomic mass is 35.5. The monoisotopic (exact) mass is 462 g/mol. The van der Waals surface area contributed by atoms with Crippen LogP contribution < -0.4 is 10.2 Å². The van der Waals surface area contributed by atoms with Gasteiger partial charge in [-0.05, 0) is 61.1 Å². The van der Waals surface area contributed by atoms with E-state index in [4.69, 9.17) is 23.2 Å². The maximum atomic E-state index is 6.47. The van der Waals surface area contributed by atoms with Crippen LogP contribution in [-0.4, -0.2) is 43.1 Å². The van der Waals surface area contributed by atoms with Crippen molar-refractivity contribution in [1.29, 1.82) is 0 Å². The van der Waals surface area contributed by atoms with Crippen LogP contribution in [0, 0.1) is 0 Å². The summed E-state index contributed by atoms with van der Waals surface area (Å²) in [6.07, 6.45) is 1.83. The molecule has 5 rings (SSSR count). The summed E-state index contributed by atoms with van der Waals surface area (Å²) in [6, 6.07) is 22.5. The van der Waals surface area contributed by atoms with Gasteiger partial charge in [0.05, 0.1) is 15.6 Å². The molecule has 0 amide bonds. The molecular weight excluding hydrogens is 439 g/mol. The summed E-state index contributed by atoms with van der Waals surface area (Å²) in [4.78, 5) is 9.33. The highest BCUT2D eigenvalue weighted by molar-refractivity contribution is 6.43. The van der Waals surface area contributed by atoms with Crippen molar-refractivity contribution in [3.05, 3.63) is 83.0 Å². The van der Waals surface area contributed by atoms with Crippen LogP contribution in [0.4, 0.5) is 17.1 Å². The molecule has 0 radical (unpaired) electrons. The van der Waals surface area contributed by atoms with E-state index < -0.39 is 0 Å². The topological polar surface area (TPSA) is 31.4 Å². The number of aromatic nitrogens is 1. The SMILES string of the molecule is CN1CCN(c2ccc(Nc3ccnc4ccc(-c5cccc(Cl)c5Cl)cc34)cc2)CC1. The number of nitrogens with zero attached hydrogens (tertiary/aromatic N) is 3. The number of benzene rings is 3. The van der Waals surface area contributed by atoms with Crippen LogP contribution in [0.15, 0.2) is 72.9 Å². The molecule has 1 aromatic heterocycles. The van der Waals surface area contributed by atoms with Gasteiger partial charge in [-0.2, -0.15) is 0 Å². The molecule has 1 aliphatic rings. The molecule has 0 aliphatic carbocycles. The highest BCUT2D eigenvalue weighted by Gasteiger charge is 2.14. The average Bonchev–Trinajstić information content (AvgIpc) is 2.82. The zero-order valence-corrected chi connectivity index (χ0v) is 19.4. The van der Waals surface area contributed by atoms with Crippen LogP contribution in [0.3, 0.4) is 0 Å². The number of anilines is 3. The molecule has 0 saturated carbocycles. The molecule has 0 bridgehead atoms. The third-order valence-corrected chi connectivity index (χ3v) is 6.84. The minimum Gasteiger partial charge on any atom is -0.369 e. The van der Waals surface area contributed by atoms with Crippen molar-refractivity contribution in [1.82, 2.24) is 9.88 Å². The number of pyridine rings is 1. The molecule has 1 saturated heterocycles. The Bertz CT molecular complexity index is 1250. The van der Waals surface area contributed by atoms with Crippen molar-refractivity contribution in [3.63, 3.8) is 0 Å². The minimum absolute atomic E-state index is 0.550. The second-order valence-electron chi connectivity index (χ2n) is 8.15. The van der Waals surface area contributed by atoms with Crippen LogP contribution >= 0.6 is 23.2 Å². The summed E-state index contributed by atoms with van der Waals surface area (Å²) >= 11 is 12.7. The predicted molar refractivity (Wildman–Crippen MR) is 137 cm³/mol. The molecule has 4 aromatic rings. The second-order valence-corrected chi connectivity index (χ2v) is 8.94. The molecule has 0 unspecified atom stereocenters. The zero-order chi connectivity index (χ0) is 22.1. The molecule has 0 atom stereocenters. The molecule has 3 aromatic carbocycles. The maximum absolute atomic E-state index is 6.47. The standard InChI is InChI=1S/C26H24Cl2N4/c1-31-13-15-32(16-14-31)20-8-6-19(7-9-20)30-25-11-12-29-24-10-5-18(17-22(24)25)21-3-2-4-23(27)26(21)28/h2-12,17H,13-16H2,1H3,(H,29,30). The molecule has 4 nitrogen and oxygen atoms in total. The van der Waals surface area contributed by atoms with E-state index in [-0.39, 0.29) is 0 Å². The lowest BCUT2D eigenvalue weighted by atomic mass is 10.0. The van der Waals surface area contributed by atoms with E-state index in [0.29, 0.717) is 10.0 Å². The number of halogens is 2. The van der Waals surface area contributed by atoms with Crippen LogP contribution in [0.25, 0.3) is 22.0 Å². The van der Waals surface area contributed by atoms with E-state index in [1.54, 1.807) is 6.07 Å². The van der Waals surface area contributed by atoms with Crippen molar-refractivity contribution in [3.8, 4) is 11.1 Å². The van der Waals surface area contributed by atoms with Gasteiger partial charge in [0.15, 0.2) is 0 Å². The summed E-state index contributed by atoms with van der Waals surface area (Å²) < 4.78 is 0. The lowest BCUT2D eigenvalue weighted by Crippen LogP contribution is -2.44.